The number of unbranched alkanes of at least 4 members (excludes halogenated alkanes) is 1. The van der Waals surface area contributed by atoms with E-state index in [4.69, 9.17) is 0 Å². The van der Waals surface area contributed by atoms with Gasteiger partial charge >= 0.3 is 5.97 Å². The molecule has 0 bridgehead atoms. The Morgan fingerprint density at radius 2 is 1.95 bits per heavy atom. The summed E-state index contributed by atoms with van der Waals surface area (Å²) >= 11 is 0. The van der Waals surface area contributed by atoms with Crippen LogP contribution < -0.4 is 10.6 Å². The molecule has 2 unspecified atom stereocenters. The smallest absolute Gasteiger partial charge is 0.308 e. The van der Waals surface area contributed by atoms with E-state index in [1.54, 1.807) is 6.92 Å². The van der Waals surface area contributed by atoms with Crippen LogP contribution in [0.4, 0.5) is 0 Å². The summed E-state index contributed by atoms with van der Waals surface area (Å²) in [7, 11) is 1.21. The van der Waals surface area contributed by atoms with E-state index >= 15 is 0 Å². The van der Waals surface area contributed by atoms with Crippen LogP contribution in [0.1, 0.15) is 46.5 Å². The maximum absolute atomic E-state index is 12.2. The fourth-order valence-corrected chi connectivity index (χ4v) is 1.84. The van der Waals surface area contributed by atoms with E-state index in [-0.39, 0.29) is 13.0 Å². The molecule has 0 aromatic carbocycles. The Balaban J connectivity index is 4.84. The second-order valence-electron chi connectivity index (χ2n) is 5.34. The number of carbonyl (C=O) groups excluding carboxylic acids is 3. The van der Waals surface area contributed by atoms with Gasteiger partial charge in [-0.05, 0) is 13.3 Å². The SMILES string of the molecule is CCCCC(C)(CO)NC(=O)C(CC(=O)OC)NC(C)=O. The molecule has 2 amide bonds. The van der Waals surface area contributed by atoms with E-state index in [1.165, 1.54) is 14.0 Å². The summed E-state index contributed by atoms with van der Waals surface area (Å²) in [5.41, 5.74) is -0.778. The van der Waals surface area contributed by atoms with Gasteiger partial charge in [0.05, 0.1) is 25.7 Å². The number of carbonyl (C=O) groups is 3. The molecule has 0 rings (SSSR count). The number of methoxy groups -OCH3 is 1. The zero-order valence-electron chi connectivity index (χ0n) is 13.2. The highest BCUT2D eigenvalue weighted by Gasteiger charge is 2.30. The molecule has 0 spiro atoms. The van der Waals surface area contributed by atoms with Gasteiger partial charge in [-0.3, -0.25) is 14.4 Å². The van der Waals surface area contributed by atoms with Gasteiger partial charge in [0.15, 0.2) is 0 Å². The van der Waals surface area contributed by atoms with Crippen molar-refractivity contribution >= 4 is 17.8 Å². The van der Waals surface area contributed by atoms with Crippen LogP contribution >= 0.6 is 0 Å². The number of aliphatic hydroxyl groups is 1. The average molecular weight is 302 g/mol. The molecule has 0 aliphatic rings. The minimum atomic E-state index is -1.01. The summed E-state index contributed by atoms with van der Waals surface area (Å²) in [5.74, 6) is -1.52. The van der Waals surface area contributed by atoms with E-state index in [2.05, 4.69) is 15.4 Å². The van der Waals surface area contributed by atoms with Crippen molar-refractivity contribution in [3.63, 3.8) is 0 Å². The van der Waals surface area contributed by atoms with E-state index in [1.807, 2.05) is 6.92 Å². The number of nitrogens with one attached hydrogen (secondary N) is 2. The molecule has 0 heterocycles. The Labute approximate surface area is 125 Å². The van der Waals surface area contributed by atoms with Crippen LogP contribution in [0.2, 0.25) is 0 Å². The Morgan fingerprint density at radius 1 is 1.33 bits per heavy atom. The van der Waals surface area contributed by atoms with Crippen LogP contribution in [0.5, 0.6) is 0 Å². The van der Waals surface area contributed by atoms with Gasteiger partial charge in [-0.25, -0.2) is 0 Å². The largest absolute Gasteiger partial charge is 0.469 e. The molecule has 21 heavy (non-hydrogen) atoms. The first kappa shape index (κ1) is 19.4. The maximum Gasteiger partial charge on any atom is 0.308 e. The molecule has 0 radical (unpaired) electrons. The Bertz CT molecular complexity index is 372. The third-order valence-electron chi connectivity index (χ3n) is 3.15. The molecule has 0 aliphatic heterocycles. The highest BCUT2D eigenvalue weighted by atomic mass is 16.5. The third kappa shape index (κ3) is 7.65. The summed E-state index contributed by atoms with van der Waals surface area (Å²) in [6.07, 6.45) is 2.13. The van der Waals surface area contributed by atoms with Crippen molar-refractivity contribution in [2.45, 2.75) is 58.0 Å². The van der Waals surface area contributed by atoms with Crippen molar-refractivity contribution < 1.29 is 24.2 Å². The quantitative estimate of drug-likeness (QED) is 0.524. The number of esters is 1. The predicted octanol–water partition coefficient (Wildman–Crippen LogP) is 0.112. The molecule has 0 aliphatic carbocycles. The number of rotatable bonds is 9. The lowest BCUT2D eigenvalue weighted by molar-refractivity contribution is -0.144. The zero-order valence-corrected chi connectivity index (χ0v) is 13.2. The van der Waals surface area contributed by atoms with Crippen molar-refractivity contribution in [1.29, 1.82) is 0 Å². The fraction of sp³-hybridized carbons (Fsp3) is 0.786. The van der Waals surface area contributed by atoms with Crippen molar-refractivity contribution in [1.82, 2.24) is 10.6 Å². The molecule has 0 saturated carbocycles. The first-order chi connectivity index (χ1) is 9.77. The number of ether oxygens (including phenoxy) is 1. The summed E-state index contributed by atoms with van der Waals surface area (Å²) < 4.78 is 4.51. The minimum Gasteiger partial charge on any atom is -0.469 e. The lowest BCUT2D eigenvalue weighted by Crippen LogP contribution is -2.56. The van der Waals surface area contributed by atoms with Gasteiger partial charge < -0.3 is 20.5 Å². The normalized spacial score (nSPS) is 14.7. The molecule has 2 atom stereocenters. The number of hydrogen-bond acceptors (Lipinski definition) is 5. The molecular weight excluding hydrogens is 276 g/mol. The molecule has 3 N–H and O–H groups in total. The molecule has 7 heteroatoms. The summed E-state index contributed by atoms with van der Waals surface area (Å²) in [6.45, 7) is 4.78. The van der Waals surface area contributed by atoms with Crippen LogP contribution in [-0.2, 0) is 19.1 Å². The Hall–Kier alpha value is -1.63. The molecule has 0 saturated heterocycles. The lowest BCUT2D eigenvalue weighted by Gasteiger charge is -2.30. The van der Waals surface area contributed by atoms with Crippen molar-refractivity contribution in [3.8, 4) is 0 Å². The second-order valence-corrected chi connectivity index (χ2v) is 5.34. The van der Waals surface area contributed by atoms with Gasteiger partial charge in [0.25, 0.3) is 0 Å². The van der Waals surface area contributed by atoms with Crippen LogP contribution in [0, 0.1) is 0 Å². The molecular formula is C14H26N2O5. The van der Waals surface area contributed by atoms with E-state index in [9.17, 15) is 19.5 Å². The van der Waals surface area contributed by atoms with Gasteiger partial charge in [-0.15, -0.1) is 0 Å². The Kier molecular flexibility index (Phi) is 8.61. The van der Waals surface area contributed by atoms with E-state index < -0.39 is 29.4 Å². The van der Waals surface area contributed by atoms with Gasteiger partial charge in [0.2, 0.25) is 11.8 Å². The van der Waals surface area contributed by atoms with Crippen LogP contribution in [-0.4, -0.2) is 48.2 Å². The van der Waals surface area contributed by atoms with Crippen LogP contribution in [0.15, 0.2) is 0 Å². The summed E-state index contributed by atoms with van der Waals surface area (Å²) in [5, 5.41) is 14.6. The van der Waals surface area contributed by atoms with Gasteiger partial charge in [0.1, 0.15) is 6.04 Å². The van der Waals surface area contributed by atoms with E-state index in [0.29, 0.717) is 6.42 Å². The predicted molar refractivity (Wildman–Crippen MR) is 77.4 cm³/mol. The molecule has 0 aromatic heterocycles. The summed E-state index contributed by atoms with van der Waals surface area (Å²) in [4.78, 5) is 34.7. The molecule has 7 nitrogen and oxygen atoms in total. The van der Waals surface area contributed by atoms with Crippen molar-refractivity contribution in [2.24, 2.45) is 0 Å². The van der Waals surface area contributed by atoms with Crippen molar-refractivity contribution in [2.75, 3.05) is 13.7 Å². The molecule has 122 valence electrons. The average Bonchev–Trinajstić information content (AvgIpc) is 2.43. The fourth-order valence-electron chi connectivity index (χ4n) is 1.84. The standard InChI is InChI=1S/C14H26N2O5/c1-5-6-7-14(3,9-17)16-13(20)11(15-10(2)18)8-12(19)21-4/h11,17H,5-9H2,1-4H3,(H,15,18)(H,16,20). The van der Waals surface area contributed by atoms with Crippen LogP contribution in [0.25, 0.3) is 0 Å². The van der Waals surface area contributed by atoms with Crippen molar-refractivity contribution in [3.05, 3.63) is 0 Å². The van der Waals surface area contributed by atoms with Crippen LogP contribution in [0.3, 0.4) is 0 Å². The minimum absolute atomic E-state index is 0.218. The topological polar surface area (TPSA) is 105 Å². The van der Waals surface area contributed by atoms with Gasteiger partial charge in [-0.1, -0.05) is 19.8 Å². The second kappa shape index (κ2) is 9.33. The van der Waals surface area contributed by atoms with E-state index in [0.717, 1.165) is 12.8 Å². The monoisotopic (exact) mass is 302 g/mol. The number of aliphatic hydroxyl groups excluding tert-OH is 1. The zero-order chi connectivity index (χ0) is 16.5. The number of amides is 2. The Morgan fingerprint density at radius 3 is 2.38 bits per heavy atom. The number of hydrogen-bond donors (Lipinski definition) is 3. The lowest BCUT2D eigenvalue weighted by atomic mass is 9.95. The first-order valence-corrected chi connectivity index (χ1v) is 7.04. The molecule has 0 fully saturated rings. The molecule has 0 aromatic rings. The van der Waals surface area contributed by atoms with Gasteiger partial charge in [-0.2, -0.15) is 0 Å². The highest BCUT2D eigenvalue weighted by molar-refractivity contribution is 5.90. The highest BCUT2D eigenvalue weighted by Crippen LogP contribution is 2.13. The maximum atomic E-state index is 12.2. The third-order valence-corrected chi connectivity index (χ3v) is 3.15. The summed E-state index contributed by atoms with van der Waals surface area (Å²) in [6, 6.07) is -1.01. The van der Waals surface area contributed by atoms with Gasteiger partial charge in [0, 0.05) is 6.92 Å². The first-order valence-electron chi connectivity index (χ1n) is 7.04.